The first-order chi connectivity index (χ1) is 14.4. The molecule has 156 valence electrons. The van der Waals surface area contributed by atoms with Gasteiger partial charge in [-0.15, -0.1) is 0 Å². The number of aromatic nitrogens is 1. The molecule has 0 unspecified atom stereocenters. The molecular weight excluding hydrogens is 399 g/mol. The number of ether oxygens (including phenoxy) is 3. The zero-order valence-corrected chi connectivity index (χ0v) is 15.7. The van der Waals surface area contributed by atoms with Crippen molar-refractivity contribution in [3.8, 4) is 11.5 Å². The number of carbonyl (C=O) groups is 3. The van der Waals surface area contributed by atoms with E-state index >= 15 is 0 Å². The van der Waals surface area contributed by atoms with Gasteiger partial charge in [-0.05, 0) is 19.1 Å². The van der Waals surface area contributed by atoms with Crippen molar-refractivity contribution >= 4 is 35.2 Å². The first-order valence-electron chi connectivity index (χ1n) is 8.74. The van der Waals surface area contributed by atoms with Crippen molar-refractivity contribution in [2.75, 3.05) is 23.0 Å². The highest BCUT2D eigenvalue weighted by Crippen LogP contribution is 2.35. The average Bonchev–Trinajstić information content (AvgIpc) is 2.69. The summed E-state index contributed by atoms with van der Waals surface area (Å²) < 4.78 is 29.3. The van der Waals surface area contributed by atoms with Gasteiger partial charge in [-0.3, -0.25) is 5.32 Å². The van der Waals surface area contributed by atoms with E-state index in [4.69, 9.17) is 19.9 Å². The molecule has 2 heterocycles. The van der Waals surface area contributed by atoms with Crippen molar-refractivity contribution < 1.29 is 33.0 Å². The van der Waals surface area contributed by atoms with Crippen LogP contribution < -0.4 is 25.8 Å². The van der Waals surface area contributed by atoms with Crippen LogP contribution in [0.4, 0.5) is 26.4 Å². The van der Waals surface area contributed by atoms with Crippen molar-refractivity contribution in [1.29, 1.82) is 0 Å². The highest BCUT2D eigenvalue weighted by Gasteiger charge is 2.21. The number of rotatable bonds is 5. The lowest BCUT2D eigenvalue weighted by atomic mass is 10.1. The molecule has 30 heavy (non-hydrogen) atoms. The van der Waals surface area contributed by atoms with Crippen LogP contribution in [0.15, 0.2) is 36.5 Å². The third kappa shape index (κ3) is 4.63. The Morgan fingerprint density at radius 2 is 1.93 bits per heavy atom. The lowest BCUT2D eigenvalue weighted by Gasteiger charge is -2.17. The monoisotopic (exact) mass is 416 g/mol. The molecule has 4 N–H and O–H groups in total. The number of halogens is 1. The Hall–Kier alpha value is -4.15. The molecule has 11 heteroatoms. The number of hydrogen-bond acceptors (Lipinski definition) is 9. The summed E-state index contributed by atoms with van der Waals surface area (Å²) in [4.78, 5) is 39.1. The quantitative estimate of drug-likeness (QED) is 0.494. The van der Waals surface area contributed by atoms with Gasteiger partial charge < -0.3 is 25.3 Å². The van der Waals surface area contributed by atoms with Crippen LogP contribution in [0.2, 0.25) is 0 Å². The van der Waals surface area contributed by atoms with Gasteiger partial charge in [0.15, 0.2) is 11.6 Å². The number of benzene rings is 1. The number of nitrogen functional groups attached to an aromatic ring is 1. The van der Waals surface area contributed by atoms with Gasteiger partial charge in [-0.25, -0.2) is 23.8 Å². The summed E-state index contributed by atoms with van der Waals surface area (Å²) in [7, 11) is 0. The van der Waals surface area contributed by atoms with E-state index in [-0.39, 0.29) is 47.4 Å². The fraction of sp³-hybridized carbons (Fsp3) is 0.158. The smallest absolute Gasteiger partial charge is 0.411 e. The number of nitrogens with two attached hydrogens (primary N) is 1. The molecule has 0 saturated heterocycles. The maximum absolute atomic E-state index is 14.3. The molecule has 1 aromatic heterocycles. The van der Waals surface area contributed by atoms with Crippen LogP contribution in [0, 0.1) is 5.82 Å². The minimum absolute atomic E-state index is 0.0199. The number of carbonyl (C=O) groups excluding carboxylic acids is 3. The van der Waals surface area contributed by atoms with E-state index in [0.717, 1.165) is 18.2 Å². The number of hydrogen-bond donors (Lipinski definition) is 3. The fourth-order valence-corrected chi connectivity index (χ4v) is 2.52. The zero-order chi connectivity index (χ0) is 21.7. The van der Waals surface area contributed by atoms with Gasteiger partial charge in [0, 0.05) is 36.5 Å². The minimum atomic E-state index is -0.810. The highest BCUT2D eigenvalue weighted by atomic mass is 19.1. The predicted octanol–water partition coefficient (Wildman–Crippen LogP) is 2.36. The van der Waals surface area contributed by atoms with Crippen LogP contribution in [0.25, 0.3) is 0 Å². The molecule has 0 fully saturated rings. The Balaban J connectivity index is 1.85. The molecule has 1 aromatic carbocycles. The van der Waals surface area contributed by atoms with Gasteiger partial charge in [-0.1, -0.05) is 0 Å². The first-order valence-corrected chi connectivity index (χ1v) is 8.74. The number of anilines is 3. The second kappa shape index (κ2) is 8.90. The van der Waals surface area contributed by atoms with Crippen LogP contribution in [0.3, 0.4) is 0 Å². The normalized spacial score (nSPS) is 13.8. The van der Waals surface area contributed by atoms with E-state index in [2.05, 4.69) is 15.6 Å². The van der Waals surface area contributed by atoms with E-state index < -0.39 is 23.8 Å². The molecule has 0 aliphatic carbocycles. The molecule has 2 aromatic rings. The zero-order valence-electron chi connectivity index (χ0n) is 15.7. The van der Waals surface area contributed by atoms with E-state index in [0.29, 0.717) is 0 Å². The molecule has 0 radical (unpaired) electrons. The second-order valence-corrected chi connectivity index (χ2v) is 5.85. The van der Waals surface area contributed by atoms with E-state index in [1.807, 2.05) is 0 Å². The molecule has 1 aliphatic heterocycles. The molecule has 3 rings (SSSR count). The number of amides is 1. The van der Waals surface area contributed by atoms with E-state index in [1.54, 1.807) is 6.92 Å². The maximum atomic E-state index is 14.3. The molecule has 0 saturated carbocycles. The third-order valence-electron chi connectivity index (χ3n) is 3.88. The van der Waals surface area contributed by atoms with E-state index in [9.17, 15) is 18.8 Å². The Kier molecular flexibility index (Phi) is 6.11. The maximum Gasteiger partial charge on any atom is 0.411 e. The van der Waals surface area contributed by atoms with Gasteiger partial charge in [0.2, 0.25) is 5.75 Å². The Bertz CT molecular complexity index is 1040. The number of fused-ring (bicyclic) bond motifs is 1. The summed E-state index contributed by atoms with van der Waals surface area (Å²) in [6, 6.07) is 3.77. The number of nitrogens with zero attached hydrogens (tertiary/aromatic N) is 1. The molecule has 0 bridgehead atoms. The SMILES string of the molecule is CCOC(=O)Nc1ccc(F)c(CNc2nccc3c2OC(=O)/C=C\C(=O)O3)c1N. The van der Waals surface area contributed by atoms with E-state index in [1.165, 1.54) is 18.3 Å². The van der Waals surface area contributed by atoms with Crippen molar-refractivity contribution in [2.45, 2.75) is 13.5 Å². The molecular formula is C19H17FN4O6. The highest BCUT2D eigenvalue weighted by molar-refractivity contribution is 5.96. The molecule has 0 spiro atoms. The molecule has 1 aliphatic rings. The molecule has 1 amide bonds. The van der Waals surface area contributed by atoms with Gasteiger partial charge >= 0.3 is 18.0 Å². The topological polar surface area (TPSA) is 142 Å². The van der Waals surface area contributed by atoms with Crippen molar-refractivity contribution in [3.05, 3.63) is 47.9 Å². The van der Waals surface area contributed by atoms with Gasteiger partial charge in [0.1, 0.15) is 5.82 Å². The van der Waals surface area contributed by atoms with Gasteiger partial charge in [-0.2, -0.15) is 0 Å². The predicted molar refractivity (Wildman–Crippen MR) is 103 cm³/mol. The van der Waals surface area contributed by atoms with Crippen LogP contribution in [0.1, 0.15) is 12.5 Å². The molecule has 10 nitrogen and oxygen atoms in total. The number of esters is 2. The third-order valence-corrected chi connectivity index (χ3v) is 3.88. The number of pyridine rings is 1. The summed E-state index contributed by atoms with van der Waals surface area (Å²) in [5, 5.41) is 5.21. The first kappa shape index (κ1) is 20.6. The Morgan fingerprint density at radius 3 is 2.67 bits per heavy atom. The summed E-state index contributed by atoms with van der Waals surface area (Å²) in [6.07, 6.45) is 2.41. The minimum Gasteiger partial charge on any atom is -0.450 e. The Labute approximate surface area is 169 Å². The fourth-order valence-electron chi connectivity index (χ4n) is 2.52. The standard InChI is InChI=1S/C19H17FN4O6/c1-2-28-19(27)24-12-4-3-11(20)10(16(12)21)9-23-18-17-13(7-8-22-18)29-14(25)5-6-15(26)30-17/h3-8H,2,9,21H2,1H3,(H,22,23)(H,24,27)/b6-5-. The summed E-state index contributed by atoms with van der Waals surface area (Å²) in [5.41, 5.74) is 6.14. The lowest BCUT2D eigenvalue weighted by Crippen LogP contribution is -2.17. The van der Waals surface area contributed by atoms with Crippen LogP contribution in [0.5, 0.6) is 11.5 Å². The van der Waals surface area contributed by atoms with Gasteiger partial charge in [0.05, 0.1) is 18.0 Å². The van der Waals surface area contributed by atoms with Crippen LogP contribution in [-0.2, 0) is 20.9 Å². The average molecular weight is 416 g/mol. The summed E-state index contributed by atoms with van der Waals surface area (Å²) >= 11 is 0. The van der Waals surface area contributed by atoms with Crippen molar-refractivity contribution in [3.63, 3.8) is 0 Å². The largest absolute Gasteiger partial charge is 0.450 e. The number of nitrogens with one attached hydrogen (secondary N) is 2. The van der Waals surface area contributed by atoms with Crippen molar-refractivity contribution in [1.82, 2.24) is 4.98 Å². The van der Waals surface area contributed by atoms with Gasteiger partial charge in [0.25, 0.3) is 0 Å². The summed E-state index contributed by atoms with van der Waals surface area (Å²) in [6.45, 7) is 1.62. The summed E-state index contributed by atoms with van der Waals surface area (Å²) in [5.74, 6) is -2.37. The van der Waals surface area contributed by atoms with Crippen LogP contribution >= 0.6 is 0 Å². The van der Waals surface area contributed by atoms with Crippen LogP contribution in [-0.4, -0.2) is 29.6 Å². The lowest BCUT2D eigenvalue weighted by molar-refractivity contribution is -0.133. The Morgan fingerprint density at radius 1 is 1.20 bits per heavy atom. The second-order valence-electron chi connectivity index (χ2n) is 5.85. The molecule has 0 atom stereocenters. The van der Waals surface area contributed by atoms with Crippen molar-refractivity contribution in [2.24, 2.45) is 0 Å².